The molecule has 0 aliphatic heterocycles. The van der Waals surface area contributed by atoms with Crippen LogP contribution in [0.2, 0.25) is 0 Å². The van der Waals surface area contributed by atoms with Gasteiger partial charge in [0.05, 0.1) is 17.4 Å². The van der Waals surface area contributed by atoms with E-state index in [9.17, 15) is 0 Å². The van der Waals surface area contributed by atoms with Crippen LogP contribution in [0.25, 0.3) is 10.9 Å². The van der Waals surface area contributed by atoms with Crippen molar-refractivity contribution >= 4 is 22.3 Å². The highest BCUT2D eigenvalue weighted by Crippen LogP contribution is 2.21. The van der Waals surface area contributed by atoms with Gasteiger partial charge in [0.25, 0.3) is 0 Å². The van der Waals surface area contributed by atoms with Gasteiger partial charge in [0.2, 0.25) is 0 Å². The average Bonchev–Trinajstić information content (AvgIpc) is 2.46. The van der Waals surface area contributed by atoms with Crippen molar-refractivity contribution in [1.29, 1.82) is 0 Å². The lowest BCUT2D eigenvalue weighted by atomic mass is 10.1. The summed E-state index contributed by atoms with van der Waals surface area (Å²) in [5, 5.41) is 12.5. The molecular weight excluding hydrogens is 236 g/mol. The Morgan fingerprint density at radius 3 is 2.68 bits per heavy atom. The summed E-state index contributed by atoms with van der Waals surface area (Å²) in [7, 11) is 0. The predicted molar refractivity (Wildman–Crippen MR) is 77.7 cm³/mol. The normalized spacial score (nSPS) is 10.5. The molecule has 3 rings (SSSR count). The van der Waals surface area contributed by atoms with Gasteiger partial charge in [0, 0.05) is 17.6 Å². The number of nitrogen functional groups attached to an aromatic ring is 1. The number of anilines is 2. The first-order chi connectivity index (χ1) is 9.34. The third-order valence-corrected chi connectivity index (χ3v) is 3.07. The molecule has 0 unspecified atom stereocenters. The summed E-state index contributed by atoms with van der Waals surface area (Å²) in [6.45, 7) is 0.669. The van der Waals surface area contributed by atoms with E-state index >= 15 is 0 Å². The minimum Gasteiger partial charge on any atom is -0.398 e. The molecule has 4 nitrogen and oxygen atoms in total. The van der Waals surface area contributed by atoms with Crippen molar-refractivity contribution in [2.75, 3.05) is 11.1 Å². The molecule has 0 fully saturated rings. The van der Waals surface area contributed by atoms with E-state index in [1.807, 2.05) is 48.5 Å². The standard InChI is InChI=1S/C15H14N4/c16-13-7-3-1-5-11(13)9-17-15-10-18-19-14-8-4-2-6-12(14)15/h1-8,10H,9,16H2,(H,17,19). The van der Waals surface area contributed by atoms with Crippen LogP contribution in [0.15, 0.2) is 54.7 Å². The van der Waals surface area contributed by atoms with Gasteiger partial charge < -0.3 is 11.1 Å². The van der Waals surface area contributed by atoms with Crippen molar-refractivity contribution in [3.05, 3.63) is 60.3 Å². The third kappa shape index (κ3) is 2.33. The van der Waals surface area contributed by atoms with Crippen LogP contribution < -0.4 is 11.1 Å². The molecule has 0 aliphatic carbocycles. The molecule has 0 saturated carbocycles. The Morgan fingerprint density at radius 2 is 1.79 bits per heavy atom. The summed E-state index contributed by atoms with van der Waals surface area (Å²) in [6.07, 6.45) is 1.74. The van der Waals surface area contributed by atoms with Crippen molar-refractivity contribution in [2.24, 2.45) is 0 Å². The topological polar surface area (TPSA) is 63.8 Å². The van der Waals surface area contributed by atoms with Crippen LogP contribution in [0.5, 0.6) is 0 Å². The van der Waals surface area contributed by atoms with Crippen molar-refractivity contribution in [3.63, 3.8) is 0 Å². The van der Waals surface area contributed by atoms with E-state index in [0.717, 1.165) is 27.8 Å². The number of nitrogens with one attached hydrogen (secondary N) is 1. The summed E-state index contributed by atoms with van der Waals surface area (Å²) in [5.74, 6) is 0. The fourth-order valence-corrected chi connectivity index (χ4v) is 2.03. The maximum Gasteiger partial charge on any atom is 0.0950 e. The lowest BCUT2D eigenvalue weighted by Gasteiger charge is -2.10. The van der Waals surface area contributed by atoms with Crippen LogP contribution in [0.1, 0.15) is 5.56 Å². The van der Waals surface area contributed by atoms with Crippen molar-refractivity contribution in [2.45, 2.75) is 6.54 Å². The van der Waals surface area contributed by atoms with Gasteiger partial charge in [-0.05, 0) is 17.7 Å². The smallest absolute Gasteiger partial charge is 0.0950 e. The van der Waals surface area contributed by atoms with Gasteiger partial charge >= 0.3 is 0 Å². The van der Waals surface area contributed by atoms with Crippen LogP contribution >= 0.6 is 0 Å². The van der Waals surface area contributed by atoms with E-state index in [2.05, 4.69) is 15.5 Å². The maximum atomic E-state index is 5.93. The zero-order valence-electron chi connectivity index (χ0n) is 10.4. The fourth-order valence-electron chi connectivity index (χ4n) is 2.03. The molecule has 1 aromatic heterocycles. The fraction of sp³-hybridized carbons (Fsp3) is 0.0667. The second-order valence-electron chi connectivity index (χ2n) is 4.33. The first kappa shape index (κ1) is 11.5. The van der Waals surface area contributed by atoms with Gasteiger partial charge in [-0.15, -0.1) is 0 Å². The van der Waals surface area contributed by atoms with Gasteiger partial charge in [-0.2, -0.15) is 10.2 Å². The molecule has 19 heavy (non-hydrogen) atoms. The summed E-state index contributed by atoms with van der Waals surface area (Å²) in [4.78, 5) is 0. The zero-order valence-corrected chi connectivity index (χ0v) is 10.4. The Bertz CT molecular complexity index is 704. The molecule has 1 heterocycles. The first-order valence-electron chi connectivity index (χ1n) is 6.12. The van der Waals surface area contributed by atoms with Gasteiger partial charge in [0.1, 0.15) is 0 Å². The second-order valence-corrected chi connectivity index (χ2v) is 4.33. The number of nitrogens with zero attached hydrogens (tertiary/aromatic N) is 2. The van der Waals surface area contributed by atoms with Crippen molar-refractivity contribution < 1.29 is 0 Å². The first-order valence-corrected chi connectivity index (χ1v) is 6.12. The molecular formula is C15H14N4. The Hall–Kier alpha value is -2.62. The lowest BCUT2D eigenvalue weighted by Crippen LogP contribution is -2.03. The molecule has 3 aromatic rings. The Morgan fingerprint density at radius 1 is 1.00 bits per heavy atom. The molecule has 0 saturated heterocycles. The van der Waals surface area contributed by atoms with E-state index in [1.54, 1.807) is 6.20 Å². The van der Waals surface area contributed by atoms with Crippen molar-refractivity contribution in [1.82, 2.24) is 10.2 Å². The molecule has 0 amide bonds. The van der Waals surface area contributed by atoms with Gasteiger partial charge in [0.15, 0.2) is 0 Å². The Balaban J connectivity index is 1.88. The molecule has 0 radical (unpaired) electrons. The number of hydrogen-bond acceptors (Lipinski definition) is 4. The molecule has 0 atom stereocenters. The zero-order chi connectivity index (χ0) is 13.1. The minimum atomic E-state index is 0.669. The second kappa shape index (κ2) is 4.94. The summed E-state index contributed by atoms with van der Waals surface area (Å²) < 4.78 is 0. The van der Waals surface area contributed by atoms with E-state index in [1.165, 1.54) is 0 Å². The summed E-state index contributed by atoms with van der Waals surface area (Å²) in [5.41, 5.74) is 9.64. The predicted octanol–water partition coefficient (Wildman–Crippen LogP) is 2.82. The largest absolute Gasteiger partial charge is 0.398 e. The number of aromatic nitrogens is 2. The van der Waals surface area contributed by atoms with Gasteiger partial charge in [-0.25, -0.2) is 0 Å². The molecule has 0 bridgehead atoms. The lowest BCUT2D eigenvalue weighted by molar-refractivity contribution is 1.06. The monoisotopic (exact) mass is 250 g/mol. The third-order valence-electron chi connectivity index (χ3n) is 3.07. The molecule has 0 spiro atoms. The van der Waals surface area contributed by atoms with E-state index in [-0.39, 0.29) is 0 Å². The highest BCUT2D eigenvalue weighted by molar-refractivity contribution is 5.90. The number of rotatable bonds is 3. The number of fused-ring (bicyclic) bond motifs is 1. The quantitative estimate of drug-likeness (QED) is 0.702. The summed E-state index contributed by atoms with van der Waals surface area (Å²) >= 11 is 0. The summed E-state index contributed by atoms with van der Waals surface area (Å²) in [6, 6.07) is 15.8. The minimum absolute atomic E-state index is 0.669. The molecule has 4 heteroatoms. The SMILES string of the molecule is Nc1ccccc1CNc1cnnc2ccccc12. The number of nitrogens with two attached hydrogens (primary N) is 1. The highest BCUT2D eigenvalue weighted by Gasteiger charge is 2.03. The average molecular weight is 250 g/mol. The van der Waals surface area contributed by atoms with Crippen molar-refractivity contribution in [3.8, 4) is 0 Å². The maximum absolute atomic E-state index is 5.93. The van der Waals surface area contributed by atoms with Crippen LogP contribution in [0.4, 0.5) is 11.4 Å². The molecule has 2 aromatic carbocycles. The molecule has 3 N–H and O–H groups in total. The van der Waals surface area contributed by atoms with Crippen LogP contribution in [-0.4, -0.2) is 10.2 Å². The van der Waals surface area contributed by atoms with E-state index < -0.39 is 0 Å². The Kier molecular flexibility index (Phi) is 2.98. The van der Waals surface area contributed by atoms with Gasteiger partial charge in [-0.3, -0.25) is 0 Å². The van der Waals surface area contributed by atoms with Crippen LogP contribution in [-0.2, 0) is 6.54 Å². The number of benzene rings is 2. The highest BCUT2D eigenvalue weighted by atomic mass is 15.1. The molecule has 94 valence electrons. The Labute approximate surface area is 111 Å². The van der Waals surface area contributed by atoms with Crippen LogP contribution in [0.3, 0.4) is 0 Å². The van der Waals surface area contributed by atoms with E-state index in [4.69, 9.17) is 5.73 Å². The number of para-hydroxylation sites is 1. The van der Waals surface area contributed by atoms with Crippen LogP contribution in [0, 0.1) is 0 Å². The van der Waals surface area contributed by atoms with E-state index in [0.29, 0.717) is 6.54 Å². The van der Waals surface area contributed by atoms with Gasteiger partial charge in [-0.1, -0.05) is 36.4 Å². The number of hydrogen-bond donors (Lipinski definition) is 2. The molecule has 0 aliphatic rings.